The molecule has 1 aromatic heterocycles. The number of carbonyl (C=O) groups excluding carboxylic acids is 1. The molecule has 30 heavy (non-hydrogen) atoms. The predicted molar refractivity (Wildman–Crippen MR) is 98.1 cm³/mol. The van der Waals surface area contributed by atoms with Crippen molar-refractivity contribution in [1.29, 1.82) is 0 Å². The Bertz CT molecular complexity index is 865. The molecule has 168 valence electrons. The standard InChI is InChI=1S/C15H21N3O4S.C2HF3O2/c1-23(20,21)17-12-5-9-22-15(10-12)6-8-18(11-15)14(19)13-4-2-3-7-16-13;3-2(4,5)1(6)7/h2-4,7,12,17H,5-6,8-11H2,1H3;(H,6,7)/t12-,15+;/m0./s1. The monoisotopic (exact) mass is 453 g/mol. The van der Waals surface area contributed by atoms with Gasteiger partial charge in [0.2, 0.25) is 10.0 Å². The van der Waals surface area contributed by atoms with Gasteiger partial charge in [0, 0.05) is 25.4 Å². The van der Waals surface area contributed by atoms with Crippen molar-refractivity contribution in [2.45, 2.75) is 37.1 Å². The summed E-state index contributed by atoms with van der Waals surface area (Å²) in [5, 5.41) is 7.12. The number of ether oxygens (including phenoxy) is 1. The van der Waals surface area contributed by atoms with Crippen LogP contribution in [-0.4, -0.2) is 79.1 Å². The van der Waals surface area contributed by atoms with Crippen molar-refractivity contribution in [2.24, 2.45) is 0 Å². The number of hydrogen-bond donors (Lipinski definition) is 2. The van der Waals surface area contributed by atoms with Crippen LogP contribution >= 0.6 is 0 Å². The summed E-state index contributed by atoms with van der Waals surface area (Å²) in [6.45, 7) is 1.57. The number of rotatable bonds is 3. The van der Waals surface area contributed by atoms with Crippen molar-refractivity contribution in [3.8, 4) is 0 Å². The molecule has 9 nitrogen and oxygen atoms in total. The molecule has 13 heteroatoms. The van der Waals surface area contributed by atoms with E-state index in [1.807, 2.05) is 0 Å². The highest BCUT2D eigenvalue weighted by atomic mass is 32.2. The smallest absolute Gasteiger partial charge is 0.475 e. The zero-order valence-electron chi connectivity index (χ0n) is 16.1. The fourth-order valence-corrected chi connectivity index (χ4v) is 4.19. The average Bonchev–Trinajstić information content (AvgIpc) is 3.03. The second-order valence-corrected chi connectivity index (χ2v) is 8.89. The summed E-state index contributed by atoms with van der Waals surface area (Å²) in [5.41, 5.74) is -0.0309. The van der Waals surface area contributed by atoms with Gasteiger partial charge in [-0.2, -0.15) is 13.2 Å². The maximum Gasteiger partial charge on any atom is 0.490 e. The van der Waals surface area contributed by atoms with E-state index in [9.17, 15) is 26.4 Å². The van der Waals surface area contributed by atoms with Gasteiger partial charge < -0.3 is 14.7 Å². The summed E-state index contributed by atoms with van der Waals surface area (Å²) in [6, 6.07) is 5.12. The molecule has 1 amide bonds. The van der Waals surface area contributed by atoms with E-state index in [2.05, 4.69) is 9.71 Å². The van der Waals surface area contributed by atoms with E-state index in [0.717, 1.165) is 0 Å². The Morgan fingerprint density at radius 3 is 2.57 bits per heavy atom. The Hall–Kier alpha value is -2.25. The minimum atomic E-state index is -5.08. The lowest BCUT2D eigenvalue weighted by Gasteiger charge is -2.38. The second kappa shape index (κ2) is 9.27. The maximum absolute atomic E-state index is 12.5. The lowest BCUT2D eigenvalue weighted by Crippen LogP contribution is -2.50. The number of carboxylic acid groups (broad SMARTS) is 1. The minimum absolute atomic E-state index is 0.107. The fraction of sp³-hybridized carbons (Fsp3) is 0.588. The largest absolute Gasteiger partial charge is 0.490 e. The van der Waals surface area contributed by atoms with E-state index in [1.54, 1.807) is 29.3 Å². The van der Waals surface area contributed by atoms with Crippen LogP contribution in [0.1, 0.15) is 29.8 Å². The molecule has 2 saturated heterocycles. The Kier molecular flexibility index (Phi) is 7.42. The van der Waals surface area contributed by atoms with E-state index in [-0.39, 0.29) is 11.9 Å². The maximum atomic E-state index is 12.5. The van der Waals surface area contributed by atoms with Gasteiger partial charge in [0.1, 0.15) is 5.69 Å². The molecule has 2 aliphatic heterocycles. The van der Waals surface area contributed by atoms with Gasteiger partial charge in [0.25, 0.3) is 5.91 Å². The SMILES string of the molecule is CS(=O)(=O)N[C@H]1CCO[C@]2(CCN(C(=O)c3ccccn3)C2)C1.O=C(O)C(F)(F)F. The lowest BCUT2D eigenvalue weighted by molar-refractivity contribution is -0.192. The molecule has 3 rings (SSSR count). The molecule has 3 heterocycles. The third-order valence-corrected chi connectivity index (χ3v) is 5.37. The molecule has 2 atom stereocenters. The van der Waals surface area contributed by atoms with Crippen LogP contribution in [0.4, 0.5) is 13.2 Å². The summed E-state index contributed by atoms with van der Waals surface area (Å²) in [5.74, 6) is -2.86. The molecule has 2 aliphatic rings. The van der Waals surface area contributed by atoms with Crippen molar-refractivity contribution in [3.05, 3.63) is 30.1 Å². The van der Waals surface area contributed by atoms with Gasteiger partial charge in [0.05, 0.1) is 18.4 Å². The highest BCUT2D eigenvalue weighted by molar-refractivity contribution is 7.88. The summed E-state index contributed by atoms with van der Waals surface area (Å²) >= 11 is 0. The van der Waals surface area contributed by atoms with E-state index < -0.39 is 27.8 Å². The van der Waals surface area contributed by atoms with Gasteiger partial charge in [-0.1, -0.05) is 6.07 Å². The zero-order valence-corrected chi connectivity index (χ0v) is 16.9. The first-order valence-corrected chi connectivity index (χ1v) is 10.8. The Morgan fingerprint density at radius 1 is 1.37 bits per heavy atom. The molecular formula is C17H22F3N3O6S. The number of aromatic nitrogens is 1. The second-order valence-electron chi connectivity index (χ2n) is 7.11. The third kappa shape index (κ3) is 6.92. The van der Waals surface area contributed by atoms with Crippen molar-refractivity contribution in [3.63, 3.8) is 0 Å². The van der Waals surface area contributed by atoms with Crippen LogP contribution in [0.2, 0.25) is 0 Å². The molecule has 0 aromatic carbocycles. The zero-order chi connectivity index (χ0) is 22.6. The van der Waals surface area contributed by atoms with Gasteiger partial charge in [-0.15, -0.1) is 0 Å². The Labute approximate surface area is 171 Å². The predicted octanol–water partition coefficient (Wildman–Crippen LogP) is 1.03. The van der Waals surface area contributed by atoms with E-state index in [1.165, 1.54) is 6.26 Å². The number of carboxylic acids is 1. The molecule has 1 aromatic rings. The average molecular weight is 453 g/mol. The Balaban J connectivity index is 0.000000396. The van der Waals surface area contributed by atoms with E-state index in [4.69, 9.17) is 14.6 Å². The van der Waals surface area contributed by atoms with Gasteiger partial charge in [-0.25, -0.2) is 17.9 Å². The summed E-state index contributed by atoms with van der Waals surface area (Å²) in [6.07, 6.45) is -0.356. The Morgan fingerprint density at radius 2 is 2.03 bits per heavy atom. The van der Waals surface area contributed by atoms with Crippen LogP contribution in [0.15, 0.2) is 24.4 Å². The fourth-order valence-electron chi connectivity index (χ4n) is 3.38. The van der Waals surface area contributed by atoms with Gasteiger partial charge >= 0.3 is 12.1 Å². The summed E-state index contributed by atoms with van der Waals surface area (Å²) in [7, 11) is -3.24. The van der Waals surface area contributed by atoms with Crippen LogP contribution in [0, 0.1) is 0 Å². The van der Waals surface area contributed by atoms with Crippen LogP contribution in [0.3, 0.4) is 0 Å². The normalized spacial score (nSPS) is 24.3. The van der Waals surface area contributed by atoms with Crippen LogP contribution in [0.25, 0.3) is 0 Å². The number of halogens is 3. The number of aliphatic carboxylic acids is 1. The van der Waals surface area contributed by atoms with Crippen LogP contribution in [0.5, 0.6) is 0 Å². The molecule has 0 bridgehead atoms. The number of likely N-dealkylation sites (tertiary alicyclic amines) is 1. The van der Waals surface area contributed by atoms with Gasteiger partial charge in [-0.3, -0.25) is 9.78 Å². The summed E-state index contributed by atoms with van der Waals surface area (Å²) < 4.78 is 63.2. The van der Waals surface area contributed by atoms with Crippen molar-refractivity contribution in [1.82, 2.24) is 14.6 Å². The lowest BCUT2D eigenvalue weighted by atomic mass is 9.90. The van der Waals surface area contributed by atoms with Crippen molar-refractivity contribution >= 4 is 21.9 Å². The third-order valence-electron chi connectivity index (χ3n) is 4.60. The quantitative estimate of drug-likeness (QED) is 0.700. The molecule has 2 N–H and O–H groups in total. The first-order chi connectivity index (χ1) is 13.8. The molecule has 0 unspecified atom stereocenters. The molecular weight excluding hydrogens is 431 g/mol. The minimum Gasteiger partial charge on any atom is -0.475 e. The number of nitrogens with one attached hydrogen (secondary N) is 1. The number of nitrogens with zero attached hydrogens (tertiary/aromatic N) is 2. The van der Waals surface area contributed by atoms with Crippen molar-refractivity contribution in [2.75, 3.05) is 26.0 Å². The first-order valence-electron chi connectivity index (χ1n) is 8.93. The number of alkyl halides is 3. The highest BCUT2D eigenvalue weighted by Crippen LogP contribution is 2.35. The molecule has 0 saturated carbocycles. The summed E-state index contributed by atoms with van der Waals surface area (Å²) in [4.78, 5) is 27.2. The molecule has 1 spiro atoms. The number of amides is 1. The van der Waals surface area contributed by atoms with Gasteiger partial charge in [-0.05, 0) is 31.4 Å². The number of carbonyl (C=O) groups is 2. The topological polar surface area (TPSA) is 126 Å². The highest BCUT2D eigenvalue weighted by Gasteiger charge is 2.45. The number of sulfonamides is 1. The van der Waals surface area contributed by atoms with E-state index in [0.29, 0.717) is 44.7 Å². The van der Waals surface area contributed by atoms with Crippen LogP contribution < -0.4 is 4.72 Å². The first kappa shape index (κ1) is 24.0. The van der Waals surface area contributed by atoms with E-state index >= 15 is 0 Å². The number of hydrogen-bond acceptors (Lipinski definition) is 6. The molecule has 0 aliphatic carbocycles. The van der Waals surface area contributed by atoms with Crippen molar-refractivity contribution < 1.29 is 41.0 Å². The van der Waals surface area contributed by atoms with Gasteiger partial charge in [0.15, 0.2) is 0 Å². The number of pyridine rings is 1. The molecule has 0 radical (unpaired) electrons. The van der Waals surface area contributed by atoms with Crippen LogP contribution in [-0.2, 0) is 19.6 Å². The molecule has 2 fully saturated rings.